The van der Waals surface area contributed by atoms with Crippen molar-refractivity contribution in [2.75, 3.05) is 13.7 Å². The second-order valence-electron chi connectivity index (χ2n) is 8.73. The van der Waals surface area contributed by atoms with Crippen molar-refractivity contribution >= 4 is 50.5 Å². The summed E-state index contributed by atoms with van der Waals surface area (Å²) in [6, 6.07) is 21.1. The summed E-state index contributed by atoms with van der Waals surface area (Å²) < 4.78 is 12.4. The molecule has 38 heavy (non-hydrogen) atoms. The van der Waals surface area contributed by atoms with Gasteiger partial charge in [-0.15, -0.1) is 0 Å². The van der Waals surface area contributed by atoms with Crippen LogP contribution in [0.1, 0.15) is 42.0 Å². The fourth-order valence-corrected chi connectivity index (χ4v) is 5.27. The van der Waals surface area contributed by atoms with Gasteiger partial charge >= 0.3 is 0 Å². The number of ether oxygens (including phenoxy) is 2. The van der Waals surface area contributed by atoms with Gasteiger partial charge in [-0.25, -0.2) is 4.99 Å². The maximum atomic E-state index is 13.4. The SMILES string of the molecule is CCCCN1C(=O)/C(=C\c2cc(OC)c(OCc3ccccc3C#N)cc2Br)SC1=Nc1ccc(C)cc1. The Bertz CT molecular complexity index is 1430. The summed E-state index contributed by atoms with van der Waals surface area (Å²) in [6.07, 6.45) is 3.73. The predicted molar refractivity (Wildman–Crippen MR) is 157 cm³/mol. The fraction of sp³-hybridized carbons (Fsp3) is 0.233. The molecule has 3 aromatic rings. The number of thioether (sulfide) groups is 1. The van der Waals surface area contributed by atoms with E-state index < -0.39 is 0 Å². The van der Waals surface area contributed by atoms with E-state index in [1.165, 1.54) is 11.8 Å². The fourth-order valence-electron chi connectivity index (χ4n) is 3.82. The number of carbonyl (C=O) groups is 1. The Labute approximate surface area is 236 Å². The number of unbranched alkanes of at least 4 members (excludes halogenated alkanes) is 1. The highest BCUT2D eigenvalue weighted by Gasteiger charge is 2.33. The number of rotatable bonds is 9. The van der Waals surface area contributed by atoms with Crippen LogP contribution in [0, 0.1) is 18.3 Å². The number of benzene rings is 3. The second kappa shape index (κ2) is 12.8. The molecule has 0 bridgehead atoms. The molecule has 6 nitrogen and oxygen atoms in total. The number of aliphatic imine (C=N–C) groups is 1. The first-order valence-corrected chi connectivity index (χ1v) is 13.9. The van der Waals surface area contributed by atoms with Crippen LogP contribution in [0.5, 0.6) is 11.5 Å². The van der Waals surface area contributed by atoms with Gasteiger partial charge in [0.15, 0.2) is 16.7 Å². The first-order valence-electron chi connectivity index (χ1n) is 12.3. The minimum atomic E-state index is -0.0615. The van der Waals surface area contributed by atoms with Gasteiger partial charge in [0.25, 0.3) is 5.91 Å². The predicted octanol–water partition coefficient (Wildman–Crippen LogP) is 7.62. The van der Waals surface area contributed by atoms with Crippen LogP contribution in [-0.4, -0.2) is 29.6 Å². The van der Waals surface area contributed by atoms with E-state index in [0.29, 0.717) is 33.7 Å². The molecule has 1 saturated heterocycles. The lowest BCUT2D eigenvalue weighted by molar-refractivity contribution is -0.122. The molecule has 0 saturated carbocycles. The molecule has 1 aliphatic rings. The first-order chi connectivity index (χ1) is 18.4. The van der Waals surface area contributed by atoms with Crippen LogP contribution in [0.4, 0.5) is 5.69 Å². The number of amidine groups is 1. The lowest BCUT2D eigenvalue weighted by Gasteiger charge is -2.15. The van der Waals surface area contributed by atoms with Crippen LogP contribution in [0.25, 0.3) is 6.08 Å². The molecule has 8 heteroatoms. The van der Waals surface area contributed by atoms with Crippen molar-refractivity contribution in [3.8, 4) is 17.6 Å². The molecule has 0 aliphatic carbocycles. The van der Waals surface area contributed by atoms with Gasteiger partial charge in [0.1, 0.15) is 6.61 Å². The number of hydrogen-bond donors (Lipinski definition) is 0. The minimum Gasteiger partial charge on any atom is -0.493 e. The Morgan fingerprint density at radius 3 is 2.61 bits per heavy atom. The number of nitriles is 1. The van der Waals surface area contributed by atoms with E-state index in [2.05, 4.69) is 28.9 Å². The van der Waals surface area contributed by atoms with Crippen LogP contribution >= 0.6 is 27.7 Å². The van der Waals surface area contributed by atoms with Crippen molar-refractivity contribution in [2.45, 2.75) is 33.3 Å². The van der Waals surface area contributed by atoms with Gasteiger partial charge in [-0.05, 0) is 67.1 Å². The van der Waals surface area contributed by atoms with Crippen molar-refractivity contribution < 1.29 is 14.3 Å². The molecule has 0 N–H and O–H groups in total. The van der Waals surface area contributed by atoms with Crippen molar-refractivity contribution in [2.24, 2.45) is 4.99 Å². The smallest absolute Gasteiger partial charge is 0.266 e. The van der Waals surface area contributed by atoms with Gasteiger partial charge in [-0.3, -0.25) is 9.69 Å². The average molecular weight is 591 g/mol. The molecule has 1 fully saturated rings. The molecule has 0 atom stereocenters. The molecular weight excluding hydrogens is 562 g/mol. The van der Waals surface area contributed by atoms with E-state index >= 15 is 0 Å². The Morgan fingerprint density at radius 1 is 1.13 bits per heavy atom. The number of amides is 1. The molecule has 0 radical (unpaired) electrons. The number of methoxy groups -OCH3 is 1. The van der Waals surface area contributed by atoms with Gasteiger partial charge in [0.05, 0.1) is 29.3 Å². The van der Waals surface area contributed by atoms with E-state index in [0.717, 1.165) is 39.7 Å². The lowest BCUT2D eigenvalue weighted by atomic mass is 10.1. The van der Waals surface area contributed by atoms with Gasteiger partial charge < -0.3 is 9.47 Å². The molecule has 1 amide bonds. The average Bonchev–Trinajstić information content (AvgIpc) is 3.21. The van der Waals surface area contributed by atoms with E-state index in [9.17, 15) is 10.1 Å². The van der Waals surface area contributed by atoms with Crippen LogP contribution < -0.4 is 9.47 Å². The quantitative estimate of drug-likeness (QED) is 0.240. The summed E-state index contributed by atoms with van der Waals surface area (Å²) in [5.74, 6) is 1.00. The molecule has 4 rings (SSSR count). The Balaban J connectivity index is 1.61. The van der Waals surface area contributed by atoms with Crippen molar-refractivity contribution in [3.05, 3.63) is 92.3 Å². The van der Waals surface area contributed by atoms with E-state index in [1.807, 2.05) is 67.6 Å². The lowest BCUT2D eigenvalue weighted by Crippen LogP contribution is -2.30. The number of aryl methyl sites for hydroxylation is 1. The van der Waals surface area contributed by atoms with Crippen LogP contribution in [0.15, 0.2) is 75.0 Å². The summed E-state index contributed by atoms with van der Waals surface area (Å²) >= 11 is 5.00. The summed E-state index contributed by atoms with van der Waals surface area (Å²) in [4.78, 5) is 20.5. The van der Waals surface area contributed by atoms with Crippen molar-refractivity contribution in [1.82, 2.24) is 4.90 Å². The largest absolute Gasteiger partial charge is 0.493 e. The zero-order valence-corrected chi connectivity index (χ0v) is 23.9. The van der Waals surface area contributed by atoms with E-state index in [1.54, 1.807) is 18.1 Å². The Kier molecular flexibility index (Phi) is 9.27. The summed E-state index contributed by atoms with van der Waals surface area (Å²) in [5.41, 5.74) is 4.12. The molecule has 3 aromatic carbocycles. The topological polar surface area (TPSA) is 74.9 Å². The normalized spacial score (nSPS) is 15.2. The van der Waals surface area contributed by atoms with Gasteiger partial charge in [0.2, 0.25) is 0 Å². The third kappa shape index (κ3) is 6.47. The monoisotopic (exact) mass is 589 g/mol. The zero-order chi connectivity index (χ0) is 27.1. The zero-order valence-electron chi connectivity index (χ0n) is 21.5. The maximum absolute atomic E-state index is 13.4. The van der Waals surface area contributed by atoms with Crippen molar-refractivity contribution in [3.63, 3.8) is 0 Å². The number of nitrogens with zero attached hydrogens (tertiary/aromatic N) is 3. The van der Waals surface area contributed by atoms with Crippen LogP contribution in [0.3, 0.4) is 0 Å². The third-order valence-corrected chi connectivity index (χ3v) is 7.67. The summed E-state index contributed by atoms with van der Waals surface area (Å²) in [6.45, 7) is 4.98. The molecule has 0 unspecified atom stereocenters. The highest BCUT2D eigenvalue weighted by Crippen LogP contribution is 2.39. The number of carbonyl (C=O) groups excluding carboxylic acids is 1. The molecule has 194 valence electrons. The molecule has 1 heterocycles. The van der Waals surface area contributed by atoms with Gasteiger partial charge in [0, 0.05) is 16.6 Å². The Hall–Kier alpha value is -3.54. The Morgan fingerprint density at radius 2 is 1.89 bits per heavy atom. The van der Waals surface area contributed by atoms with Gasteiger partial charge in [-0.2, -0.15) is 5.26 Å². The number of halogens is 1. The summed E-state index contributed by atoms with van der Waals surface area (Å²) in [7, 11) is 1.57. The highest BCUT2D eigenvalue weighted by molar-refractivity contribution is 9.10. The van der Waals surface area contributed by atoms with E-state index in [4.69, 9.17) is 14.5 Å². The molecule has 0 spiro atoms. The minimum absolute atomic E-state index is 0.0615. The van der Waals surface area contributed by atoms with Crippen LogP contribution in [-0.2, 0) is 11.4 Å². The first kappa shape index (κ1) is 27.5. The van der Waals surface area contributed by atoms with Crippen molar-refractivity contribution in [1.29, 1.82) is 5.26 Å². The van der Waals surface area contributed by atoms with E-state index in [-0.39, 0.29) is 12.5 Å². The molecule has 1 aliphatic heterocycles. The maximum Gasteiger partial charge on any atom is 0.266 e. The van der Waals surface area contributed by atoms with Gasteiger partial charge in [-0.1, -0.05) is 65.2 Å². The summed E-state index contributed by atoms with van der Waals surface area (Å²) in [5, 5.41) is 10.0. The second-order valence-corrected chi connectivity index (χ2v) is 10.6. The standard InChI is InChI=1S/C30H28BrN3O3S/c1-4-5-14-34-29(35)28(38-30(34)33-24-12-10-20(2)11-13-24)16-23-15-26(36-3)27(17-25(23)31)37-19-22-9-7-6-8-21(22)18-32/h6-13,15-17H,4-5,14,19H2,1-3H3/b28-16+,33-30?. The van der Waals surface area contributed by atoms with Crippen LogP contribution in [0.2, 0.25) is 0 Å². The number of hydrogen-bond acceptors (Lipinski definition) is 6. The third-order valence-electron chi connectivity index (χ3n) is 5.97. The highest BCUT2D eigenvalue weighted by atomic mass is 79.9. The molecular formula is C30H28BrN3O3S. The molecule has 0 aromatic heterocycles.